The molecule has 1 amide bonds. The highest BCUT2D eigenvalue weighted by molar-refractivity contribution is 6.01. The number of rotatable bonds is 6. The van der Waals surface area contributed by atoms with Crippen molar-refractivity contribution >= 4 is 17.7 Å². The van der Waals surface area contributed by atoms with Gasteiger partial charge in [0.25, 0.3) is 0 Å². The number of amides is 1. The number of benzene rings is 1. The van der Waals surface area contributed by atoms with E-state index in [4.69, 9.17) is 9.15 Å². The molecule has 0 saturated heterocycles. The molecule has 0 fully saturated rings. The van der Waals surface area contributed by atoms with Crippen molar-refractivity contribution in [1.29, 1.82) is 0 Å². The summed E-state index contributed by atoms with van der Waals surface area (Å²) in [6, 6.07) is 16.2. The molecule has 0 spiro atoms. The number of nitrogens with zero attached hydrogens (tertiary/aromatic N) is 3. The standard InChI is InChI=1S/C22H18N4O3/c1-16-23-20(26-12-2-3-13-26)15-22(24-16)29-19-8-6-17(7-9-19)25-21(27)11-10-18-5-4-14-28-18/h2-15H,1H3,(H,25,27)/b11-10+. The van der Waals surface area contributed by atoms with Crippen LogP contribution in [0.5, 0.6) is 11.6 Å². The highest BCUT2D eigenvalue weighted by Gasteiger charge is 2.06. The summed E-state index contributed by atoms with van der Waals surface area (Å²) in [7, 11) is 0. The van der Waals surface area contributed by atoms with Crippen molar-refractivity contribution in [2.75, 3.05) is 5.32 Å². The zero-order valence-corrected chi connectivity index (χ0v) is 15.6. The van der Waals surface area contributed by atoms with Gasteiger partial charge in [-0.2, -0.15) is 4.98 Å². The first kappa shape index (κ1) is 18.2. The molecule has 3 aromatic heterocycles. The van der Waals surface area contributed by atoms with Crippen LogP contribution in [0.15, 0.2) is 83.7 Å². The Kier molecular flexibility index (Phi) is 5.20. The largest absolute Gasteiger partial charge is 0.465 e. The number of carbonyl (C=O) groups excluding carboxylic acids is 1. The number of hydrogen-bond donors (Lipinski definition) is 1. The van der Waals surface area contributed by atoms with Gasteiger partial charge in [0.05, 0.1) is 6.26 Å². The summed E-state index contributed by atoms with van der Waals surface area (Å²) in [6.07, 6.45) is 8.38. The molecule has 0 saturated carbocycles. The van der Waals surface area contributed by atoms with Crippen molar-refractivity contribution in [1.82, 2.24) is 14.5 Å². The van der Waals surface area contributed by atoms with Crippen LogP contribution >= 0.6 is 0 Å². The van der Waals surface area contributed by atoms with Gasteiger partial charge in [-0.25, -0.2) is 4.98 Å². The number of anilines is 1. The number of carbonyl (C=O) groups is 1. The Bertz CT molecular complexity index is 1120. The van der Waals surface area contributed by atoms with Crippen LogP contribution in [0.3, 0.4) is 0 Å². The van der Waals surface area contributed by atoms with Crippen molar-refractivity contribution in [2.24, 2.45) is 0 Å². The first-order chi connectivity index (χ1) is 14.2. The Morgan fingerprint density at radius 3 is 2.62 bits per heavy atom. The van der Waals surface area contributed by atoms with Crippen LogP contribution in [0.25, 0.3) is 11.9 Å². The smallest absolute Gasteiger partial charge is 0.248 e. The first-order valence-electron chi connectivity index (χ1n) is 8.95. The minimum Gasteiger partial charge on any atom is -0.465 e. The van der Waals surface area contributed by atoms with Gasteiger partial charge in [0, 0.05) is 30.2 Å². The van der Waals surface area contributed by atoms with E-state index in [0.717, 1.165) is 5.82 Å². The third-order valence-electron chi connectivity index (χ3n) is 3.96. The van der Waals surface area contributed by atoms with Gasteiger partial charge >= 0.3 is 0 Å². The third kappa shape index (κ3) is 4.78. The zero-order valence-electron chi connectivity index (χ0n) is 15.6. The van der Waals surface area contributed by atoms with Crippen LogP contribution in [-0.4, -0.2) is 20.4 Å². The van der Waals surface area contributed by atoms with Gasteiger partial charge in [0.15, 0.2) is 0 Å². The maximum absolute atomic E-state index is 12.0. The van der Waals surface area contributed by atoms with Gasteiger partial charge in [-0.15, -0.1) is 0 Å². The molecule has 1 aromatic carbocycles. The number of furan rings is 1. The van der Waals surface area contributed by atoms with Crippen molar-refractivity contribution in [3.05, 3.63) is 90.9 Å². The van der Waals surface area contributed by atoms with E-state index >= 15 is 0 Å². The van der Waals surface area contributed by atoms with E-state index in [2.05, 4.69) is 15.3 Å². The molecule has 0 aliphatic heterocycles. The summed E-state index contributed by atoms with van der Waals surface area (Å²) in [4.78, 5) is 20.7. The molecule has 4 rings (SSSR count). The average molecular weight is 386 g/mol. The lowest BCUT2D eigenvalue weighted by molar-refractivity contribution is -0.111. The van der Waals surface area contributed by atoms with Gasteiger partial charge in [-0.1, -0.05) is 0 Å². The number of ether oxygens (including phenoxy) is 1. The molecule has 0 aliphatic carbocycles. The number of aryl methyl sites for hydroxylation is 1. The second-order valence-corrected chi connectivity index (χ2v) is 6.17. The van der Waals surface area contributed by atoms with E-state index in [9.17, 15) is 4.79 Å². The number of aromatic nitrogens is 3. The summed E-state index contributed by atoms with van der Waals surface area (Å²) in [5.41, 5.74) is 0.651. The molecule has 7 nitrogen and oxygen atoms in total. The summed E-state index contributed by atoms with van der Waals surface area (Å²) >= 11 is 0. The lowest BCUT2D eigenvalue weighted by atomic mass is 10.3. The Morgan fingerprint density at radius 1 is 1.10 bits per heavy atom. The predicted molar refractivity (Wildman–Crippen MR) is 109 cm³/mol. The van der Waals surface area contributed by atoms with Crippen molar-refractivity contribution in [2.45, 2.75) is 6.92 Å². The maximum atomic E-state index is 12.0. The molecule has 29 heavy (non-hydrogen) atoms. The second kappa shape index (κ2) is 8.26. The fourth-order valence-electron chi connectivity index (χ4n) is 2.65. The molecule has 4 aromatic rings. The molecular formula is C22H18N4O3. The van der Waals surface area contributed by atoms with Crippen LogP contribution in [0.4, 0.5) is 5.69 Å². The molecule has 1 N–H and O–H groups in total. The SMILES string of the molecule is Cc1nc(Oc2ccc(NC(=O)/C=C/c3ccco3)cc2)cc(-n2cccc2)n1. The van der Waals surface area contributed by atoms with Crippen LogP contribution in [0, 0.1) is 6.92 Å². The fraction of sp³-hybridized carbons (Fsp3) is 0.0455. The summed E-state index contributed by atoms with van der Waals surface area (Å²) in [5, 5.41) is 2.78. The molecule has 0 unspecified atom stereocenters. The van der Waals surface area contributed by atoms with E-state index in [1.807, 2.05) is 36.0 Å². The Hall–Kier alpha value is -4.13. The fourth-order valence-corrected chi connectivity index (χ4v) is 2.65. The Labute approximate surface area is 167 Å². The Morgan fingerprint density at radius 2 is 1.90 bits per heavy atom. The summed E-state index contributed by atoms with van der Waals surface area (Å²) < 4.78 is 12.9. The van der Waals surface area contributed by atoms with Crippen LogP contribution in [0.1, 0.15) is 11.6 Å². The molecule has 7 heteroatoms. The number of hydrogen-bond acceptors (Lipinski definition) is 5. The van der Waals surface area contributed by atoms with E-state index in [-0.39, 0.29) is 5.91 Å². The van der Waals surface area contributed by atoms with Gasteiger partial charge in [0.2, 0.25) is 11.8 Å². The number of nitrogens with one attached hydrogen (secondary N) is 1. The average Bonchev–Trinajstić information content (AvgIpc) is 3.42. The van der Waals surface area contributed by atoms with E-state index in [0.29, 0.717) is 28.9 Å². The van der Waals surface area contributed by atoms with Gasteiger partial charge in [-0.05, 0) is 61.5 Å². The quantitative estimate of drug-likeness (QED) is 0.489. The lowest BCUT2D eigenvalue weighted by Gasteiger charge is -2.09. The van der Waals surface area contributed by atoms with Gasteiger partial charge < -0.3 is 19.0 Å². The maximum Gasteiger partial charge on any atom is 0.248 e. The molecular weight excluding hydrogens is 368 g/mol. The highest BCUT2D eigenvalue weighted by Crippen LogP contribution is 2.23. The van der Waals surface area contributed by atoms with E-state index in [1.54, 1.807) is 54.8 Å². The lowest BCUT2D eigenvalue weighted by Crippen LogP contribution is -2.07. The Balaban J connectivity index is 1.41. The molecule has 0 bridgehead atoms. The second-order valence-electron chi connectivity index (χ2n) is 6.17. The van der Waals surface area contributed by atoms with Crippen LogP contribution in [0.2, 0.25) is 0 Å². The zero-order chi connectivity index (χ0) is 20.1. The topological polar surface area (TPSA) is 82.2 Å². The van der Waals surface area contributed by atoms with E-state index in [1.165, 1.54) is 6.08 Å². The predicted octanol–water partition coefficient (Wildman–Crippen LogP) is 4.61. The molecule has 0 atom stereocenters. The van der Waals surface area contributed by atoms with Crippen molar-refractivity contribution in [3.63, 3.8) is 0 Å². The van der Waals surface area contributed by atoms with Crippen molar-refractivity contribution < 1.29 is 13.9 Å². The minimum absolute atomic E-state index is 0.252. The minimum atomic E-state index is -0.252. The first-order valence-corrected chi connectivity index (χ1v) is 8.95. The monoisotopic (exact) mass is 386 g/mol. The van der Waals surface area contributed by atoms with Gasteiger partial charge in [-0.3, -0.25) is 4.79 Å². The van der Waals surface area contributed by atoms with Crippen LogP contribution < -0.4 is 10.1 Å². The normalized spacial score (nSPS) is 10.9. The molecule has 0 aliphatic rings. The van der Waals surface area contributed by atoms with Crippen molar-refractivity contribution in [3.8, 4) is 17.4 Å². The molecule has 144 valence electrons. The molecule has 0 radical (unpaired) electrons. The third-order valence-corrected chi connectivity index (χ3v) is 3.96. The van der Waals surface area contributed by atoms with Crippen LogP contribution in [-0.2, 0) is 4.79 Å². The van der Waals surface area contributed by atoms with E-state index < -0.39 is 0 Å². The molecule has 3 heterocycles. The summed E-state index contributed by atoms with van der Waals surface area (Å²) in [5.74, 6) is 2.74. The highest BCUT2D eigenvalue weighted by atomic mass is 16.5. The van der Waals surface area contributed by atoms with Gasteiger partial charge in [0.1, 0.15) is 23.2 Å². The summed E-state index contributed by atoms with van der Waals surface area (Å²) in [6.45, 7) is 1.81.